The quantitative estimate of drug-likeness (QED) is 0.599. The van der Waals surface area contributed by atoms with Crippen molar-refractivity contribution in [1.82, 2.24) is 9.88 Å². The van der Waals surface area contributed by atoms with Crippen LogP contribution in [0.15, 0.2) is 42.7 Å². The maximum atomic E-state index is 4.90. The van der Waals surface area contributed by atoms with E-state index < -0.39 is 0 Å². The molecule has 2 heterocycles. The van der Waals surface area contributed by atoms with Gasteiger partial charge >= 0.3 is 0 Å². The van der Waals surface area contributed by atoms with E-state index in [9.17, 15) is 0 Å². The van der Waals surface area contributed by atoms with Crippen LogP contribution >= 0.6 is 0 Å². The Labute approximate surface area is 145 Å². The van der Waals surface area contributed by atoms with Gasteiger partial charge in [-0.1, -0.05) is 43.7 Å². The third-order valence-electron chi connectivity index (χ3n) is 4.31. The van der Waals surface area contributed by atoms with E-state index in [1.54, 1.807) is 0 Å². The maximum absolute atomic E-state index is 4.90. The van der Waals surface area contributed by atoms with Gasteiger partial charge in [-0.15, -0.1) is 5.56 Å². The molecule has 1 aliphatic carbocycles. The van der Waals surface area contributed by atoms with E-state index in [2.05, 4.69) is 50.2 Å². The molecule has 0 spiro atoms. The Bertz CT molecular complexity index is 752. The average Bonchev–Trinajstić information content (AvgIpc) is 3.01. The number of aromatic nitrogens is 1. The smallest absolute Gasteiger partial charge is 0.0146 e. The van der Waals surface area contributed by atoms with Crippen molar-refractivity contribution in [2.75, 3.05) is 11.9 Å². The van der Waals surface area contributed by atoms with Gasteiger partial charge in [0.15, 0.2) is 0 Å². The molecule has 0 fully saturated rings. The summed E-state index contributed by atoms with van der Waals surface area (Å²) in [6.07, 6.45) is 4.00. The first-order chi connectivity index (χ1) is 10.1. The van der Waals surface area contributed by atoms with Crippen LogP contribution in [-0.4, -0.2) is 16.9 Å². The number of nitrogens with zero attached hydrogens (tertiary/aromatic N) is 3. The Hall–Kier alpha value is -1.64. The molecule has 4 rings (SSSR count). The van der Waals surface area contributed by atoms with Gasteiger partial charge in [0.1, 0.15) is 0 Å². The Morgan fingerprint density at radius 3 is 2.64 bits per heavy atom. The number of hydrogen-bond donors (Lipinski definition) is 0. The molecule has 1 aliphatic heterocycles. The first-order valence-electron chi connectivity index (χ1n) is 7.14. The van der Waals surface area contributed by atoms with Gasteiger partial charge in [-0.05, 0) is 30.7 Å². The Kier molecular flexibility index (Phi) is 3.62. The van der Waals surface area contributed by atoms with Crippen molar-refractivity contribution in [3.8, 4) is 11.1 Å². The zero-order valence-electron chi connectivity index (χ0n) is 12.8. The van der Waals surface area contributed by atoms with Crippen LogP contribution in [0, 0.1) is 12.7 Å². The predicted octanol–water partition coefficient (Wildman–Crippen LogP) is 3.53. The first-order valence-corrected chi connectivity index (χ1v) is 7.14. The monoisotopic (exact) mass is 468 g/mol. The van der Waals surface area contributed by atoms with Crippen molar-refractivity contribution in [2.45, 2.75) is 19.3 Å². The Morgan fingerprint density at radius 1 is 1.14 bits per heavy atom. The third kappa shape index (κ3) is 2.10. The molecule has 0 bridgehead atoms. The minimum Gasteiger partial charge on any atom is -0.510 e. The zero-order chi connectivity index (χ0) is 14.6. The van der Waals surface area contributed by atoms with Crippen LogP contribution in [0.2, 0.25) is 0 Å². The van der Waals surface area contributed by atoms with Crippen molar-refractivity contribution < 1.29 is 20.1 Å². The first kappa shape index (κ1) is 15.3. The van der Waals surface area contributed by atoms with Crippen molar-refractivity contribution >= 4 is 5.82 Å². The molecule has 2 aromatic rings. The van der Waals surface area contributed by atoms with Gasteiger partial charge in [0, 0.05) is 31.3 Å². The summed E-state index contributed by atoms with van der Waals surface area (Å²) in [5.74, 6) is 0.843. The van der Waals surface area contributed by atoms with Gasteiger partial charge in [0.05, 0.1) is 0 Å². The fourth-order valence-electron chi connectivity index (χ4n) is 3.18. The molecular weight excluding hydrogens is 450 g/mol. The number of hydrogen-bond acceptors (Lipinski definition) is 3. The van der Waals surface area contributed by atoms with E-state index in [-0.39, 0.29) is 25.5 Å². The largest absolute Gasteiger partial charge is 0.510 e. The predicted molar refractivity (Wildman–Crippen MR) is 84.3 cm³/mol. The summed E-state index contributed by atoms with van der Waals surface area (Å²) in [6.45, 7) is 6.48. The molecular formula is C18H17IrN3-2. The number of rotatable bonds is 1. The van der Waals surface area contributed by atoms with Crippen LogP contribution in [0.25, 0.3) is 11.1 Å². The van der Waals surface area contributed by atoms with Crippen molar-refractivity contribution in [2.24, 2.45) is 0 Å². The zero-order valence-corrected chi connectivity index (χ0v) is 15.2. The SMILES string of the molecule is CN1C=CN(c2[c-]cc3c(n2)C(C)(C)c2ccccc2-3)[CH-]1.[Ir]. The fraction of sp³-hybridized carbons (Fsp3) is 0.222. The van der Waals surface area contributed by atoms with E-state index in [0.717, 1.165) is 11.5 Å². The molecule has 1 aromatic carbocycles. The molecule has 3 nitrogen and oxygen atoms in total. The summed E-state index contributed by atoms with van der Waals surface area (Å²) >= 11 is 0. The second kappa shape index (κ2) is 5.22. The maximum Gasteiger partial charge on any atom is 0.0146 e. The molecule has 4 heteroatoms. The number of pyridine rings is 1. The Morgan fingerprint density at radius 2 is 1.91 bits per heavy atom. The van der Waals surface area contributed by atoms with Crippen LogP contribution in [0.3, 0.4) is 0 Å². The molecule has 22 heavy (non-hydrogen) atoms. The van der Waals surface area contributed by atoms with Crippen LogP contribution in [0.4, 0.5) is 5.82 Å². The van der Waals surface area contributed by atoms with Crippen LogP contribution in [0.1, 0.15) is 25.1 Å². The van der Waals surface area contributed by atoms with E-state index in [4.69, 9.17) is 4.98 Å². The summed E-state index contributed by atoms with van der Waals surface area (Å²) in [5, 5.41) is 0. The van der Waals surface area contributed by atoms with E-state index >= 15 is 0 Å². The third-order valence-corrected chi connectivity index (χ3v) is 4.31. The molecule has 0 saturated carbocycles. The second-order valence-electron chi connectivity index (χ2n) is 6.14. The summed E-state index contributed by atoms with van der Waals surface area (Å²) < 4.78 is 0. The average molecular weight is 468 g/mol. The minimum atomic E-state index is -0.0644. The molecule has 115 valence electrons. The molecule has 0 saturated heterocycles. The van der Waals surface area contributed by atoms with Crippen LogP contribution < -0.4 is 4.90 Å². The fourth-order valence-corrected chi connectivity index (χ4v) is 3.18. The van der Waals surface area contributed by atoms with Crippen molar-refractivity contribution in [3.05, 3.63) is 66.7 Å². The summed E-state index contributed by atoms with van der Waals surface area (Å²) in [6, 6.07) is 14.0. The van der Waals surface area contributed by atoms with Gasteiger partial charge in [0.25, 0.3) is 0 Å². The second-order valence-corrected chi connectivity index (χ2v) is 6.14. The minimum absolute atomic E-state index is 0. The molecule has 2 aliphatic rings. The van der Waals surface area contributed by atoms with E-state index in [1.807, 2.05) is 35.9 Å². The normalized spacial score (nSPS) is 17.2. The van der Waals surface area contributed by atoms with E-state index in [1.165, 1.54) is 16.7 Å². The number of benzene rings is 1. The summed E-state index contributed by atoms with van der Waals surface area (Å²) in [7, 11) is 2.00. The van der Waals surface area contributed by atoms with Gasteiger partial charge in [-0.25, -0.2) is 12.1 Å². The van der Waals surface area contributed by atoms with Crippen molar-refractivity contribution in [3.63, 3.8) is 0 Å². The van der Waals surface area contributed by atoms with E-state index in [0.29, 0.717) is 0 Å². The van der Waals surface area contributed by atoms with Crippen LogP contribution in [0.5, 0.6) is 0 Å². The summed E-state index contributed by atoms with van der Waals surface area (Å²) in [4.78, 5) is 8.90. The molecule has 0 unspecified atom stereocenters. The molecule has 1 aromatic heterocycles. The number of fused-ring (bicyclic) bond motifs is 3. The standard InChI is InChI=1S/C18H17N3.Ir/c1-18(2)15-7-5-4-6-13(15)14-8-9-16(19-17(14)18)21-11-10-20(3)12-21;/h4-8,10-12H,1-3H3;/q-2;. The van der Waals surface area contributed by atoms with Crippen LogP contribution in [-0.2, 0) is 25.5 Å². The molecule has 0 N–H and O–H groups in total. The van der Waals surface area contributed by atoms with Crippen molar-refractivity contribution in [1.29, 1.82) is 0 Å². The molecule has 0 atom stereocenters. The summed E-state index contributed by atoms with van der Waals surface area (Å²) in [5.41, 5.74) is 4.90. The molecule has 1 radical (unpaired) electrons. The Balaban J connectivity index is 0.00000144. The van der Waals surface area contributed by atoms with Gasteiger partial charge < -0.3 is 9.80 Å². The van der Waals surface area contributed by atoms with Gasteiger partial charge in [-0.3, -0.25) is 4.98 Å². The molecule has 0 amide bonds. The van der Waals surface area contributed by atoms with Gasteiger partial charge in [0.2, 0.25) is 0 Å². The number of anilines is 1. The van der Waals surface area contributed by atoms with Gasteiger partial charge in [-0.2, -0.15) is 6.67 Å². The topological polar surface area (TPSA) is 19.4 Å².